The number of aliphatic hydroxyl groups is 1. The Morgan fingerprint density at radius 2 is 1.92 bits per heavy atom. The molecule has 0 atom stereocenters. The van der Waals surface area contributed by atoms with Crippen molar-refractivity contribution in [3.63, 3.8) is 0 Å². The molecule has 0 aromatic rings. The third kappa shape index (κ3) is 4.88. The number of hydrogen-bond donors (Lipinski definition) is 1. The summed E-state index contributed by atoms with van der Waals surface area (Å²) in [5, 5.41) is 9.86. The van der Waals surface area contributed by atoms with Crippen molar-refractivity contribution in [2.45, 2.75) is 51.6 Å². The molecule has 0 saturated heterocycles. The molecule has 0 aromatic carbocycles. The average Bonchev–Trinajstić information content (AvgIpc) is 2.17. The summed E-state index contributed by atoms with van der Waals surface area (Å²) in [5.41, 5.74) is -0.589. The van der Waals surface area contributed by atoms with Gasteiger partial charge >= 0.3 is 5.97 Å². The van der Waals surface area contributed by atoms with E-state index in [-0.39, 0.29) is 5.97 Å². The molecule has 13 heavy (non-hydrogen) atoms. The molecule has 0 spiro atoms. The average molecular weight is 188 g/mol. The molecule has 0 heterocycles. The summed E-state index contributed by atoms with van der Waals surface area (Å²) in [7, 11) is 1.38. The first kappa shape index (κ1) is 12.4. The van der Waals surface area contributed by atoms with E-state index >= 15 is 0 Å². The molecule has 0 fully saturated rings. The molecule has 0 amide bonds. The number of methoxy groups -OCH3 is 1. The summed E-state index contributed by atoms with van der Waals surface area (Å²) in [6.45, 7) is 3.92. The van der Waals surface area contributed by atoms with Gasteiger partial charge in [0.15, 0.2) is 0 Å². The summed E-state index contributed by atoms with van der Waals surface area (Å²) >= 11 is 0. The summed E-state index contributed by atoms with van der Waals surface area (Å²) in [4.78, 5) is 10.8. The molecule has 0 saturated carbocycles. The van der Waals surface area contributed by atoms with Crippen molar-refractivity contribution in [2.24, 2.45) is 0 Å². The third-order valence-corrected chi connectivity index (χ3v) is 2.57. The van der Waals surface area contributed by atoms with Gasteiger partial charge in [-0.25, -0.2) is 0 Å². The summed E-state index contributed by atoms with van der Waals surface area (Å²) < 4.78 is 4.51. The Kier molecular flexibility index (Phi) is 5.71. The van der Waals surface area contributed by atoms with Gasteiger partial charge in [-0.1, -0.05) is 13.8 Å². The first-order chi connectivity index (χ1) is 6.08. The Labute approximate surface area is 80.1 Å². The van der Waals surface area contributed by atoms with Crippen LogP contribution in [-0.4, -0.2) is 23.8 Å². The number of rotatable bonds is 6. The van der Waals surface area contributed by atoms with Gasteiger partial charge in [0.05, 0.1) is 12.7 Å². The second-order valence-corrected chi connectivity index (χ2v) is 3.36. The Morgan fingerprint density at radius 3 is 2.31 bits per heavy atom. The van der Waals surface area contributed by atoms with E-state index < -0.39 is 5.60 Å². The van der Waals surface area contributed by atoms with E-state index in [4.69, 9.17) is 0 Å². The predicted molar refractivity (Wildman–Crippen MR) is 51.4 cm³/mol. The highest BCUT2D eigenvalue weighted by molar-refractivity contribution is 5.68. The van der Waals surface area contributed by atoms with Crippen molar-refractivity contribution in [3.05, 3.63) is 0 Å². The van der Waals surface area contributed by atoms with Gasteiger partial charge in [0, 0.05) is 6.42 Å². The van der Waals surface area contributed by atoms with E-state index in [1.54, 1.807) is 0 Å². The highest BCUT2D eigenvalue weighted by atomic mass is 16.5. The molecule has 78 valence electrons. The maximum Gasteiger partial charge on any atom is 0.305 e. The van der Waals surface area contributed by atoms with Crippen LogP contribution in [0.4, 0.5) is 0 Å². The predicted octanol–water partition coefficient (Wildman–Crippen LogP) is 1.88. The van der Waals surface area contributed by atoms with E-state index in [1.165, 1.54) is 7.11 Å². The number of carbonyl (C=O) groups excluding carboxylic acids is 1. The number of ether oxygens (including phenoxy) is 1. The van der Waals surface area contributed by atoms with E-state index in [0.29, 0.717) is 19.3 Å². The van der Waals surface area contributed by atoms with E-state index in [0.717, 1.165) is 12.8 Å². The van der Waals surface area contributed by atoms with Crippen LogP contribution < -0.4 is 0 Å². The van der Waals surface area contributed by atoms with Gasteiger partial charge in [-0.3, -0.25) is 4.79 Å². The van der Waals surface area contributed by atoms with Crippen LogP contribution in [0.1, 0.15) is 46.0 Å². The van der Waals surface area contributed by atoms with Crippen LogP contribution in [0, 0.1) is 0 Å². The van der Waals surface area contributed by atoms with Crippen LogP contribution in [0.15, 0.2) is 0 Å². The maximum absolute atomic E-state index is 10.8. The molecule has 1 N–H and O–H groups in total. The number of hydrogen-bond acceptors (Lipinski definition) is 3. The quantitative estimate of drug-likeness (QED) is 0.647. The number of carbonyl (C=O) groups is 1. The molecule has 0 bridgehead atoms. The fourth-order valence-electron chi connectivity index (χ4n) is 1.27. The Balaban J connectivity index is 3.67. The number of esters is 1. The fraction of sp³-hybridized carbons (Fsp3) is 0.900. The topological polar surface area (TPSA) is 46.5 Å². The molecule has 0 rings (SSSR count). The second-order valence-electron chi connectivity index (χ2n) is 3.36. The molecular weight excluding hydrogens is 168 g/mol. The van der Waals surface area contributed by atoms with Gasteiger partial charge in [-0.15, -0.1) is 0 Å². The molecule has 0 aliphatic heterocycles. The normalized spacial score (nSPS) is 11.4. The van der Waals surface area contributed by atoms with Crippen molar-refractivity contribution in [3.8, 4) is 0 Å². The standard InChI is InChI=1S/C10H20O3/c1-4-10(12,5-2)8-6-7-9(11)13-3/h12H,4-8H2,1-3H3. The highest BCUT2D eigenvalue weighted by Crippen LogP contribution is 2.21. The minimum Gasteiger partial charge on any atom is -0.469 e. The molecule has 3 heteroatoms. The van der Waals surface area contributed by atoms with Crippen LogP contribution in [0.5, 0.6) is 0 Å². The summed E-state index contributed by atoms with van der Waals surface area (Å²) in [5.74, 6) is -0.199. The van der Waals surface area contributed by atoms with Gasteiger partial charge in [0.2, 0.25) is 0 Å². The van der Waals surface area contributed by atoms with Gasteiger partial charge < -0.3 is 9.84 Å². The third-order valence-electron chi connectivity index (χ3n) is 2.57. The minimum atomic E-state index is -0.589. The lowest BCUT2D eigenvalue weighted by Crippen LogP contribution is -2.26. The molecule has 0 aromatic heterocycles. The molecule has 0 aliphatic carbocycles. The Hall–Kier alpha value is -0.570. The van der Waals surface area contributed by atoms with Crippen molar-refractivity contribution >= 4 is 5.97 Å². The van der Waals surface area contributed by atoms with Gasteiger partial charge in [0.25, 0.3) is 0 Å². The van der Waals surface area contributed by atoms with Crippen LogP contribution in [0.2, 0.25) is 0 Å². The molecule has 3 nitrogen and oxygen atoms in total. The van der Waals surface area contributed by atoms with Crippen molar-refractivity contribution in [1.82, 2.24) is 0 Å². The Morgan fingerprint density at radius 1 is 1.38 bits per heavy atom. The SMILES string of the molecule is CCC(O)(CC)CCCC(=O)OC. The largest absolute Gasteiger partial charge is 0.469 e. The zero-order valence-corrected chi connectivity index (χ0v) is 8.80. The lowest BCUT2D eigenvalue weighted by molar-refractivity contribution is -0.140. The van der Waals surface area contributed by atoms with E-state index in [1.807, 2.05) is 13.8 Å². The van der Waals surface area contributed by atoms with Crippen molar-refractivity contribution in [2.75, 3.05) is 7.11 Å². The van der Waals surface area contributed by atoms with E-state index in [9.17, 15) is 9.90 Å². The lowest BCUT2D eigenvalue weighted by Gasteiger charge is -2.24. The van der Waals surface area contributed by atoms with Crippen LogP contribution in [0.3, 0.4) is 0 Å². The molecule has 0 radical (unpaired) electrons. The van der Waals surface area contributed by atoms with Crippen molar-refractivity contribution in [1.29, 1.82) is 0 Å². The van der Waals surface area contributed by atoms with Crippen molar-refractivity contribution < 1.29 is 14.6 Å². The minimum absolute atomic E-state index is 0.199. The lowest BCUT2D eigenvalue weighted by atomic mass is 9.91. The van der Waals surface area contributed by atoms with Gasteiger partial charge in [-0.05, 0) is 25.7 Å². The summed E-state index contributed by atoms with van der Waals surface area (Å²) in [6.07, 6.45) is 3.26. The van der Waals surface area contributed by atoms with Crippen LogP contribution >= 0.6 is 0 Å². The van der Waals surface area contributed by atoms with Crippen LogP contribution in [0.25, 0.3) is 0 Å². The first-order valence-corrected chi connectivity index (χ1v) is 4.87. The maximum atomic E-state index is 10.8. The smallest absolute Gasteiger partial charge is 0.305 e. The highest BCUT2D eigenvalue weighted by Gasteiger charge is 2.21. The Bertz CT molecular complexity index is 150. The fourth-order valence-corrected chi connectivity index (χ4v) is 1.27. The molecule has 0 unspecified atom stereocenters. The zero-order valence-electron chi connectivity index (χ0n) is 8.80. The van der Waals surface area contributed by atoms with Crippen LogP contribution in [-0.2, 0) is 9.53 Å². The van der Waals surface area contributed by atoms with Gasteiger partial charge in [-0.2, -0.15) is 0 Å². The second kappa shape index (κ2) is 5.97. The first-order valence-electron chi connectivity index (χ1n) is 4.87. The molecular formula is C10H20O3. The summed E-state index contributed by atoms with van der Waals surface area (Å²) in [6, 6.07) is 0. The van der Waals surface area contributed by atoms with E-state index in [2.05, 4.69) is 4.74 Å². The molecule has 0 aliphatic rings. The van der Waals surface area contributed by atoms with Gasteiger partial charge in [0.1, 0.15) is 0 Å². The monoisotopic (exact) mass is 188 g/mol. The zero-order chi connectivity index (χ0) is 10.3.